The summed E-state index contributed by atoms with van der Waals surface area (Å²) >= 11 is 0. The van der Waals surface area contributed by atoms with E-state index in [0.717, 1.165) is 17.0 Å². The van der Waals surface area contributed by atoms with Crippen molar-refractivity contribution in [1.29, 1.82) is 0 Å². The predicted octanol–water partition coefficient (Wildman–Crippen LogP) is 1.04. The van der Waals surface area contributed by atoms with Crippen LogP contribution in [0.25, 0.3) is 0 Å². The van der Waals surface area contributed by atoms with E-state index in [4.69, 9.17) is 14.6 Å². The number of benzene rings is 1. The third-order valence-electron chi connectivity index (χ3n) is 3.25. The Kier molecular flexibility index (Phi) is 4.92. The van der Waals surface area contributed by atoms with Crippen LogP contribution >= 0.6 is 0 Å². The fraction of sp³-hybridized carbons (Fsp3) is 0.429. The van der Waals surface area contributed by atoms with E-state index in [-0.39, 0.29) is 25.5 Å². The van der Waals surface area contributed by atoms with Gasteiger partial charge >= 0.3 is 5.97 Å². The number of carboxylic acids is 1. The highest BCUT2D eigenvalue weighted by atomic mass is 19.2. The summed E-state index contributed by atoms with van der Waals surface area (Å²) in [4.78, 5) is 24.6. The summed E-state index contributed by atoms with van der Waals surface area (Å²) in [6.07, 6.45) is -1.04. The first-order chi connectivity index (χ1) is 10.4. The van der Waals surface area contributed by atoms with Gasteiger partial charge in [-0.25, -0.2) is 13.6 Å². The van der Waals surface area contributed by atoms with Crippen molar-refractivity contribution < 1.29 is 33.0 Å². The molecule has 2 atom stereocenters. The minimum Gasteiger partial charge on any atom is -0.481 e. The molecule has 1 aliphatic heterocycles. The summed E-state index contributed by atoms with van der Waals surface area (Å²) in [7, 11) is 0. The zero-order valence-electron chi connectivity index (χ0n) is 11.8. The van der Waals surface area contributed by atoms with Crippen LogP contribution in [0, 0.1) is 11.6 Å². The Morgan fingerprint density at radius 1 is 1.41 bits per heavy atom. The SMILES string of the molecule is C[C@H](Oc1ccc(F)c(F)c1)C(=O)N1CCOC[C@H]1C(=O)O. The average Bonchev–Trinajstić information content (AvgIpc) is 2.50. The monoisotopic (exact) mass is 315 g/mol. The van der Waals surface area contributed by atoms with Crippen molar-refractivity contribution in [3.8, 4) is 5.75 Å². The molecule has 0 spiro atoms. The Balaban J connectivity index is 2.07. The molecule has 1 fully saturated rings. The summed E-state index contributed by atoms with van der Waals surface area (Å²) in [6.45, 7) is 1.67. The molecule has 1 saturated heterocycles. The number of nitrogens with zero attached hydrogens (tertiary/aromatic N) is 1. The maximum atomic E-state index is 13.1. The fourth-order valence-corrected chi connectivity index (χ4v) is 2.11. The third kappa shape index (κ3) is 3.51. The van der Waals surface area contributed by atoms with Crippen LogP contribution in [-0.2, 0) is 14.3 Å². The van der Waals surface area contributed by atoms with E-state index >= 15 is 0 Å². The van der Waals surface area contributed by atoms with Gasteiger partial charge in [0.1, 0.15) is 5.75 Å². The summed E-state index contributed by atoms with van der Waals surface area (Å²) in [5, 5.41) is 9.09. The average molecular weight is 315 g/mol. The number of morpholine rings is 1. The summed E-state index contributed by atoms with van der Waals surface area (Å²) in [6, 6.07) is 1.82. The smallest absolute Gasteiger partial charge is 0.328 e. The van der Waals surface area contributed by atoms with E-state index in [0.29, 0.717) is 0 Å². The Labute approximate surface area is 125 Å². The van der Waals surface area contributed by atoms with Crippen molar-refractivity contribution in [2.45, 2.75) is 19.1 Å². The van der Waals surface area contributed by atoms with Crippen LogP contribution in [0.1, 0.15) is 6.92 Å². The number of aliphatic carboxylic acids is 1. The van der Waals surface area contributed by atoms with Crippen molar-refractivity contribution in [3.63, 3.8) is 0 Å². The minimum atomic E-state index is -1.17. The van der Waals surface area contributed by atoms with E-state index in [9.17, 15) is 18.4 Å². The van der Waals surface area contributed by atoms with Gasteiger partial charge in [0.05, 0.1) is 13.2 Å². The Morgan fingerprint density at radius 3 is 2.77 bits per heavy atom. The molecule has 1 aliphatic rings. The molecule has 0 saturated carbocycles. The van der Waals surface area contributed by atoms with Crippen LogP contribution in [-0.4, -0.2) is 53.8 Å². The summed E-state index contributed by atoms with van der Waals surface area (Å²) in [5.41, 5.74) is 0. The number of rotatable bonds is 4. The molecule has 0 radical (unpaired) electrons. The zero-order chi connectivity index (χ0) is 16.3. The lowest BCUT2D eigenvalue weighted by Crippen LogP contribution is -2.55. The molecule has 0 unspecified atom stereocenters. The Morgan fingerprint density at radius 2 is 2.14 bits per heavy atom. The van der Waals surface area contributed by atoms with Crippen molar-refractivity contribution in [3.05, 3.63) is 29.8 Å². The number of carboxylic acid groups (broad SMARTS) is 1. The number of ether oxygens (including phenoxy) is 2. The molecule has 2 rings (SSSR count). The number of carbonyl (C=O) groups is 2. The van der Waals surface area contributed by atoms with Crippen LogP contribution < -0.4 is 4.74 Å². The number of hydrogen-bond donors (Lipinski definition) is 1. The quantitative estimate of drug-likeness (QED) is 0.898. The first-order valence-electron chi connectivity index (χ1n) is 6.63. The molecule has 1 aromatic rings. The molecule has 0 aromatic heterocycles. The van der Waals surface area contributed by atoms with Crippen molar-refractivity contribution in [2.24, 2.45) is 0 Å². The van der Waals surface area contributed by atoms with Gasteiger partial charge in [-0.3, -0.25) is 4.79 Å². The lowest BCUT2D eigenvalue weighted by atomic mass is 10.2. The molecule has 1 amide bonds. The second kappa shape index (κ2) is 6.69. The van der Waals surface area contributed by atoms with Crippen LogP contribution in [0.2, 0.25) is 0 Å². The van der Waals surface area contributed by atoms with Crippen LogP contribution in [0.4, 0.5) is 8.78 Å². The highest BCUT2D eigenvalue weighted by molar-refractivity contribution is 5.86. The number of halogens is 2. The lowest BCUT2D eigenvalue weighted by molar-refractivity contribution is -0.161. The fourth-order valence-electron chi connectivity index (χ4n) is 2.11. The van der Waals surface area contributed by atoms with Gasteiger partial charge in [0.15, 0.2) is 23.8 Å². The zero-order valence-corrected chi connectivity index (χ0v) is 11.8. The first-order valence-corrected chi connectivity index (χ1v) is 6.63. The van der Waals surface area contributed by atoms with E-state index in [1.165, 1.54) is 13.0 Å². The van der Waals surface area contributed by atoms with Crippen molar-refractivity contribution >= 4 is 11.9 Å². The van der Waals surface area contributed by atoms with Crippen LogP contribution in [0.3, 0.4) is 0 Å². The van der Waals surface area contributed by atoms with E-state index in [2.05, 4.69) is 0 Å². The minimum absolute atomic E-state index is 0.0140. The van der Waals surface area contributed by atoms with Gasteiger partial charge in [0, 0.05) is 12.6 Å². The van der Waals surface area contributed by atoms with Gasteiger partial charge in [-0.05, 0) is 19.1 Å². The lowest BCUT2D eigenvalue weighted by Gasteiger charge is -2.34. The summed E-state index contributed by atoms with van der Waals surface area (Å²) in [5.74, 6) is -3.86. The van der Waals surface area contributed by atoms with E-state index < -0.39 is 35.7 Å². The van der Waals surface area contributed by atoms with E-state index in [1.54, 1.807) is 0 Å². The molecule has 8 heteroatoms. The third-order valence-corrected chi connectivity index (χ3v) is 3.25. The molecule has 0 bridgehead atoms. The standard InChI is InChI=1S/C14H15F2NO5/c1-8(22-9-2-3-10(15)11(16)6-9)13(18)17-4-5-21-7-12(17)14(19)20/h2-3,6,8,12H,4-5,7H2,1H3,(H,19,20)/t8-,12-/m0/s1. The van der Waals surface area contributed by atoms with Gasteiger partial charge in [0.25, 0.3) is 5.91 Å². The predicted molar refractivity (Wildman–Crippen MR) is 70.4 cm³/mol. The Hall–Kier alpha value is -2.22. The Bertz CT molecular complexity index is 580. The largest absolute Gasteiger partial charge is 0.481 e. The maximum Gasteiger partial charge on any atom is 0.328 e. The molecule has 120 valence electrons. The maximum absolute atomic E-state index is 13.1. The van der Waals surface area contributed by atoms with E-state index in [1.807, 2.05) is 0 Å². The molecule has 0 aliphatic carbocycles. The number of carbonyl (C=O) groups excluding carboxylic acids is 1. The molecule has 1 N–H and O–H groups in total. The van der Waals surface area contributed by atoms with Crippen LogP contribution in [0.15, 0.2) is 18.2 Å². The molecular formula is C14H15F2NO5. The highest BCUT2D eigenvalue weighted by Gasteiger charge is 2.35. The van der Waals surface area contributed by atoms with Crippen LogP contribution in [0.5, 0.6) is 5.75 Å². The molecule has 1 aromatic carbocycles. The second-order valence-electron chi connectivity index (χ2n) is 4.80. The van der Waals surface area contributed by atoms with Gasteiger partial charge < -0.3 is 19.5 Å². The van der Waals surface area contributed by atoms with Crippen molar-refractivity contribution in [1.82, 2.24) is 4.90 Å². The van der Waals surface area contributed by atoms with Gasteiger partial charge in [0.2, 0.25) is 0 Å². The van der Waals surface area contributed by atoms with Gasteiger partial charge in [-0.2, -0.15) is 0 Å². The molecular weight excluding hydrogens is 300 g/mol. The molecule has 6 nitrogen and oxygen atoms in total. The van der Waals surface area contributed by atoms with Gasteiger partial charge in [-0.1, -0.05) is 0 Å². The highest BCUT2D eigenvalue weighted by Crippen LogP contribution is 2.18. The summed E-state index contributed by atoms with van der Waals surface area (Å²) < 4.78 is 36.3. The number of amides is 1. The topological polar surface area (TPSA) is 76.1 Å². The molecule has 22 heavy (non-hydrogen) atoms. The number of hydrogen-bond acceptors (Lipinski definition) is 4. The first kappa shape index (κ1) is 16.2. The normalized spacial score (nSPS) is 19.6. The molecule has 1 heterocycles. The second-order valence-corrected chi connectivity index (χ2v) is 4.80. The van der Waals surface area contributed by atoms with Gasteiger partial charge in [-0.15, -0.1) is 0 Å². The van der Waals surface area contributed by atoms with Crippen molar-refractivity contribution in [2.75, 3.05) is 19.8 Å².